The van der Waals surface area contributed by atoms with Crippen molar-refractivity contribution in [3.63, 3.8) is 0 Å². The van der Waals surface area contributed by atoms with E-state index >= 15 is 0 Å². The van der Waals surface area contributed by atoms with Crippen LogP contribution in [0.3, 0.4) is 0 Å². The summed E-state index contributed by atoms with van der Waals surface area (Å²) in [6, 6.07) is 0. The average Bonchev–Trinajstić information content (AvgIpc) is 1.88. The van der Waals surface area contributed by atoms with Gasteiger partial charge in [0.25, 0.3) is 0 Å². The molecule has 0 saturated heterocycles. The summed E-state index contributed by atoms with van der Waals surface area (Å²) in [6.45, 7) is 0. The van der Waals surface area contributed by atoms with Crippen LogP contribution in [-0.2, 0) is 9.59 Å². The average molecular weight is 180 g/mol. The first-order valence-corrected chi connectivity index (χ1v) is 2.83. The molecular weight excluding hydrogens is 172 g/mol. The van der Waals surface area contributed by atoms with Gasteiger partial charge in [0.2, 0.25) is 0 Å². The van der Waals surface area contributed by atoms with Crippen LogP contribution in [0.5, 0.6) is 0 Å². The van der Waals surface area contributed by atoms with Crippen molar-refractivity contribution >= 4 is 49.5 Å². The van der Waals surface area contributed by atoms with Gasteiger partial charge in [0.1, 0.15) is 5.92 Å². The predicted octanol–water partition coefficient (Wildman–Crippen LogP) is -0.534. The minimum atomic E-state index is -1.09. The second kappa shape index (κ2) is 4.70. The molecule has 0 radical (unpaired) electrons. The third-order valence-electron chi connectivity index (χ3n) is 1.25. The zero-order chi connectivity index (χ0) is 7.56. The predicted molar refractivity (Wildman–Crippen MR) is 43.0 cm³/mol. The van der Waals surface area contributed by atoms with Crippen molar-refractivity contribution in [1.82, 2.24) is 0 Å². The molecule has 0 aliphatic heterocycles. The molecule has 11 heavy (non-hydrogen) atoms. The number of carbonyl (C=O) groups is 2. The van der Waals surface area contributed by atoms with Gasteiger partial charge in [-0.05, 0) is 6.08 Å². The van der Waals surface area contributed by atoms with Gasteiger partial charge in [0, 0.05) is 0 Å². The first-order chi connectivity index (χ1) is 4.72. The Balaban J connectivity index is 0.000001000. The van der Waals surface area contributed by atoms with Gasteiger partial charge < -0.3 is 5.11 Å². The van der Waals surface area contributed by atoms with Gasteiger partial charge in [-0.1, -0.05) is 18.2 Å². The maximum absolute atomic E-state index is 10.7. The van der Waals surface area contributed by atoms with Crippen LogP contribution in [0.2, 0.25) is 0 Å². The van der Waals surface area contributed by atoms with Gasteiger partial charge in [0.05, 0.1) is 0 Å². The van der Waals surface area contributed by atoms with Crippen LogP contribution in [0, 0.1) is 5.92 Å². The van der Waals surface area contributed by atoms with E-state index < -0.39 is 11.9 Å². The number of hydrogen-bond donors (Lipinski definition) is 1. The molecule has 3 nitrogen and oxygen atoms in total. The van der Waals surface area contributed by atoms with Crippen LogP contribution in [0.15, 0.2) is 24.3 Å². The molecule has 1 aliphatic rings. The summed E-state index contributed by atoms with van der Waals surface area (Å²) in [5, 5.41) is 8.40. The second-order valence-electron chi connectivity index (χ2n) is 1.96. The topological polar surface area (TPSA) is 54.4 Å². The van der Waals surface area contributed by atoms with Crippen molar-refractivity contribution in [3.8, 4) is 0 Å². The fraction of sp³-hybridized carbons (Fsp3) is 0.143. The van der Waals surface area contributed by atoms with E-state index in [4.69, 9.17) is 5.11 Å². The Morgan fingerprint density at radius 2 is 2.09 bits per heavy atom. The summed E-state index contributed by atoms with van der Waals surface area (Å²) in [6.07, 6.45) is 5.71. The van der Waals surface area contributed by atoms with E-state index in [9.17, 15) is 9.59 Å². The van der Waals surface area contributed by atoms with E-state index in [2.05, 4.69) is 0 Å². The van der Waals surface area contributed by atoms with Crippen molar-refractivity contribution < 1.29 is 14.7 Å². The van der Waals surface area contributed by atoms with Crippen LogP contribution < -0.4 is 0 Å². The molecule has 0 saturated carbocycles. The van der Waals surface area contributed by atoms with Crippen LogP contribution in [0.25, 0.3) is 0 Å². The number of carboxylic acids is 1. The summed E-state index contributed by atoms with van der Waals surface area (Å²) in [4.78, 5) is 21.0. The van der Waals surface area contributed by atoms with Gasteiger partial charge >= 0.3 is 43.7 Å². The number of allylic oxidation sites excluding steroid dienone is 3. The summed E-state index contributed by atoms with van der Waals surface area (Å²) in [7, 11) is 0. The Bertz CT molecular complexity index is 230. The minimum absolute atomic E-state index is 0. The summed E-state index contributed by atoms with van der Waals surface area (Å²) in [5.41, 5.74) is 0. The number of carboxylic acid groups (broad SMARTS) is 1. The van der Waals surface area contributed by atoms with Crippen molar-refractivity contribution in [2.24, 2.45) is 5.92 Å². The van der Waals surface area contributed by atoms with Gasteiger partial charge in [-0.25, -0.2) is 0 Å². The molecule has 0 heterocycles. The zero-order valence-electron chi connectivity index (χ0n) is 5.15. The van der Waals surface area contributed by atoms with Crippen molar-refractivity contribution in [3.05, 3.63) is 24.3 Å². The number of aliphatic carboxylic acids is 1. The number of hydrogen-bond acceptors (Lipinski definition) is 2. The van der Waals surface area contributed by atoms with Crippen LogP contribution in [0.4, 0.5) is 0 Å². The SMILES string of the molecule is O=C(O)C1C=CC=CC1=O.[CaH2]. The van der Waals surface area contributed by atoms with E-state index in [0.717, 1.165) is 0 Å². The monoisotopic (exact) mass is 180 g/mol. The van der Waals surface area contributed by atoms with Gasteiger partial charge in [-0.2, -0.15) is 0 Å². The molecule has 0 aromatic rings. The third-order valence-corrected chi connectivity index (χ3v) is 1.25. The van der Waals surface area contributed by atoms with Crippen LogP contribution in [0.1, 0.15) is 0 Å². The number of rotatable bonds is 1. The fourth-order valence-corrected chi connectivity index (χ4v) is 0.728. The molecule has 0 aromatic carbocycles. The molecule has 1 aliphatic carbocycles. The molecule has 0 fully saturated rings. The summed E-state index contributed by atoms with van der Waals surface area (Å²) in [5.74, 6) is -2.43. The first kappa shape index (κ1) is 10.9. The van der Waals surface area contributed by atoms with E-state index in [0.29, 0.717) is 0 Å². The molecule has 1 N–H and O–H groups in total. The van der Waals surface area contributed by atoms with Crippen molar-refractivity contribution in [2.75, 3.05) is 0 Å². The van der Waals surface area contributed by atoms with Crippen molar-refractivity contribution in [1.29, 1.82) is 0 Å². The molecule has 1 rings (SSSR count). The molecular formula is C7H8CaO3. The number of ketones is 1. The second-order valence-corrected chi connectivity index (χ2v) is 1.96. The number of carbonyl (C=O) groups excluding carboxylic acids is 1. The molecule has 0 amide bonds. The molecule has 1 unspecified atom stereocenters. The molecule has 0 bridgehead atoms. The molecule has 0 spiro atoms. The van der Waals surface area contributed by atoms with Crippen LogP contribution >= 0.6 is 0 Å². The van der Waals surface area contributed by atoms with E-state index in [-0.39, 0.29) is 43.5 Å². The Kier molecular flexibility index (Phi) is 4.64. The quantitative estimate of drug-likeness (QED) is 0.436. The van der Waals surface area contributed by atoms with Gasteiger partial charge in [-0.3, -0.25) is 9.59 Å². The molecule has 1 atom stereocenters. The molecule has 56 valence electrons. The Morgan fingerprint density at radius 3 is 2.45 bits per heavy atom. The summed E-state index contributed by atoms with van der Waals surface area (Å²) >= 11 is 0. The summed E-state index contributed by atoms with van der Waals surface area (Å²) < 4.78 is 0. The van der Waals surface area contributed by atoms with Crippen LogP contribution in [-0.4, -0.2) is 54.6 Å². The Hall–Kier alpha value is -0.120. The van der Waals surface area contributed by atoms with Gasteiger partial charge in [0.15, 0.2) is 5.78 Å². The standard InChI is InChI=1S/C7H6O3.Ca.2H/c8-6-4-2-1-3-5(6)7(9)10;;;/h1-5H,(H,9,10);;;. The van der Waals surface area contributed by atoms with Crippen molar-refractivity contribution in [2.45, 2.75) is 0 Å². The van der Waals surface area contributed by atoms with Gasteiger partial charge in [-0.15, -0.1) is 0 Å². The van der Waals surface area contributed by atoms with E-state index in [1.807, 2.05) is 0 Å². The zero-order valence-corrected chi connectivity index (χ0v) is 5.15. The normalized spacial score (nSPS) is 21.1. The molecule has 0 aromatic heterocycles. The maximum atomic E-state index is 10.7. The third kappa shape index (κ3) is 2.77. The first-order valence-electron chi connectivity index (χ1n) is 2.83. The Labute approximate surface area is 93.8 Å². The molecule has 4 heteroatoms. The Morgan fingerprint density at radius 1 is 1.45 bits per heavy atom. The fourth-order valence-electron chi connectivity index (χ4n) is 0.728. The van der Waals surface area contributed by atoms with E-state index in [1.165, 1.54) is 18.2 Å². The van der Waals surface area contributed by atoms with E-state index in [1.54, 1.807) is 6.08 Å².